The third kappa shape index (κ3) is 9.59. The summed E-state index contributed by atoms with van der Waals surface area (Å²) in [5.41, 5.74) is -1.06. The van der Waals surface area contributed by atoms with Gasteiger partial charge in [-0.3, -0.25) is 9.59 Å². The van der Waals surface area contributed by atoms with E-state index in [0.29, 0.717) is 6.42 Å². The Kier molecular flexibility index (Phi) is 8.40. The van der Waals surface area contributed by atoms with Gasteiger partial charge in [-0.2, -0.15) is 0 Å². The minimum absolute atomic E-state index is 0.0354. The molecule has 0 fully saturated rings. The van der Waals surface area contributed by atoms with Gasteiger partial charge < -0.3 is 9.47 Å². The van der Waals surface area contributed by atoms with Crippen LogP contribution in [0.3, 0.4) is 0 Å². The first-order chi connectivity index (χ1) is 11.4. The van der Waals surface area contributed by atoms with E-state index < -0.39 is 16.9 Å². The van der Waals surface area contributed by atoms with Gasteiger partial charge in [0.05, 0.1) is 10.8 Å². The molecule has 0 radical (unpaired) electrons. The zero-order chi connectivity index (χ0) is 21.0. The van der Waals surface area contributed by atoms with E-state index in [4.69, 9.17) is 9.47 Å². The molecule has 0 aliphatic heterocycles. The van der Waals surface area contributed by atoms with Crippen LogP contribution < -0.4 is 0 Å². The van der Waals surface area contributed by atoms with Gasteiger partial charge in [0.15, 0.2) is 0 Å². The average molecular weight is 371 g/mol. The summed E-state index contributed by atoms with van der Waals surface area (Å²) in [5.74, 6) is -0.472. The molecule has 0 aromatic heterocycles. The summed E-state index contributed by atoms with van der Waals surface area (Å²) in [5, 5.41) is 0. The van der Waals surface area contributed by atoms with Gasteiger partial charge in [0.1, 0.15) is 12.7 Å². The lowest BCUT2D eigenvalue weighted by Gasteiger charge is -2.32. The Morgan fingerprint density at radius 2 is 1.12 bits per heavy atom. The van der Waals surface area contributed by atoms with Crippen molar-refractivity contribution in [2.24, 2.45) is 21.7 Å². The van der Waals surface area contributed by atoms with Gasteiger partial charge in [0.25, 0.3) is 0 Å². The first kappa shape index (κ1) is 24.9. The molecule has 0 aliphatic carbocycles. The van der Waals surface area contributed by atoms with Crippen molar-refractivity contribution >= 4 is 11.9 Å². The maximum Gasteiger partial charge on any atom is 0.311 e. The van der Waals surface area contributed by atoms with Gasteiger partial charge in [-0.25, -0.2) is 0 Å². The minimum atomic E-state index is -0.568. The molecule has 0 aliphatic rings. The summed E-state index contributed by atoms with van der Waals surface area (Å²) in [6.45, 7) is 22.3. The van der Waals surface area contributed by atoms with Gasteiger partial charge in [0, 0.05) is 0 Å². The predicted octanol–water partition coefficient (Wildman–Crippen LogP) is 5.78. The van der Waals surface area contributed by atoms with E-state index in [2.05, 4.69) is 41.5 Å². The molecular weight excluding hydrogens is 328 g/mol. The normalized spacial score (nSPS) is 14.7. The van der Waals surface area contributed by atoms with Crippen molar-refractivity contribution < 1.29 is 19.1 Å². The monoisotopic (exact) mass is 370 g/mol. The summed E-state index contributed by atoms with van der Waals surface area (Å²) >= 11 is 0. The first-order valence-electron chi connectivity index (χ1n) is 9.78. The Bertz CT molecular complexity index is 475. The topological polar surface area (TPSA) is 52.6 Å². The number of rotatable bonds is 8. The summed E-state index contributed by atoms with van der Waals surface area (Å²) < 4.78 is 11.2. The maximum atomic E-state index is 12.6. The Morgan fingerprint density at radius 1 is 0.731 bits per heavy atom. The van der Waals surface area contributed by atoms with E-state index >= 15 is 0 Å². The molecule has 0 rings (SSSR count). The molecule has 0 amide bonds. The molecule has 4 nitrogen and oxygen atoms in total. The zero-order valence-electron chi connectivity index (χ0n) is 19.0. The molecule has 0 heterocycles. The number of hydrogen-bond acceptors (Lipinski definition) is 4. The van der Waals surface area contributed by atoms with Crippen LogP contribution in [-0.4, -0.2) is 24.6 Å². The Labute approximate surface area is 161 Å². The predicted molar refractivity (Wildman–Crippen MR) is 107 cm³/mol. The van der Waals surface area contributed by atoms with Crippen LogP contribution in [0, 0.1) is 21.7 Å². The van der Waals surface area contributed by atoms with E-state index in [0.717, 1.165) is 12.8 Å². The molecule has 0 aromatic rings. The van der Waals surface area contributed by atoms with Gasteiger partial charge in [0.2, 0.25) is 0 Å². The molecule has 0 saturated heterocycles. The molecule has 4 heteroatoms. The maximum absolute atomic E-state index is 12.6. The lowest BCUT2D eigenvalue weighted by atomic mass is 9.76. The smallest absolute Gasteiger partial charge is 0.311 e. The van der Waals surface area contributed by atoms with Crippen molar-refractivity contribution in [1.82, 2.24) is 0 Å². The van der Waals surface area contributed by atoms with Crippen molar-refractivity contribution in [3.8, 4) is 0 Å². The van der Waals surface area contributed by atoms with Crippen LogP contribution in [-0.2, 0) is 19.1 Å². The van der Waals surface area contributed by atoms with Crippen molar-refractivity contribution in [3.05, 3.63) is 0 Å². The van der Waals surface area contributed by atoms with E-state index in [1.54, 1.807) is 0 Å². The lowest BCUT2D eigenvalue weighted by Crippen LogP contribution is -2.37. The number of carbonyl (C=O) groups is 2. The summed E-state index contributed by atoms with van der Waals surface area (Å²) in [6.07, 6.45) is 1.67. The van der Waals surface area contributed by atoms with E-state index in [1.165, 1.54) is 0 Å². The van der Waals surface area contributed by atoms with Crippen LogP contribution in [0.15, 0.2) is 0 Å². The molecule has 0 aromatic carbocycles. The second kappa shape index (κ2) is 8.75. The number of esters is 2. The highest BCUT2D eigenvalue weighted by atomic mass is 16.6. The Hall–Kier alpha value is -1.06. The summed E-state index contributed by atoms with van der Waals surface area (Å²) in [7, 11) is 0. The molecule has 154 valence electrons. The van der Waals surface area contributed by atoms with Crippen molar-refractivity contribution in [2.75, 3.05) is 6.61 Å². The van der Waals surface area contributed by atoms with Crippen LogP contribution >= 0.6 is 0 Å². The van der Waals surface area contributed by atoms with Gasteiger partial charge >= 0.3 is 11.9 Å². The molecule has 0 spiro atoms. The van der Waals surface area contributed by atoms with Crippen LogP contribution in [0.4, 0.5) is 0 Å². The molecular formula is C22H42O4. The van der Waals surface area contributed by atoms with Crippen LogP contribution in [0.2, 0.25) is 0 Å². The van der Waals surface area contributed by atoms with E-state index in [9.17, 15) is 9.59 Å². The van der Waals surface area contributed by atoms with Crippen LogP contribution in [0.25, 0.3) is 0 Å². The molecule has 0 saturated carbocycles. The molecule has 0 N–H and O–H groups in total. The van der Waals surface area contributed by atoms with Gasteiger partial charge in [-0.15, -0.1) is 0 Å². The van der Waals surface area contributed by atoms with E-state index in [1.807, 2.05) is 34.6 Å². The fourth-order valence-corrected chi connectivity index (χ4v) is 3.71. The zero-order valence-corrected chi connectivity index (χ0v) is 19.0. The lowest BCUT2D eigenvalue weighted by molar-refractivity contribution is -0.171. The fraction of sp³-hybridized carbons (Fsp3) is 0.909. The van der Waals surface area contributed by atoms with Gasteiger partial charge in [-0.05, 0) is 57.8 Å². The molecule has 26 heavy (non-hydrogen) atoms. The minimum Gasteiger partial charge on any atom is -0.461 e. The first-order valence-corrected chi connectivity index (χ1v) is 9.78. The average Bonchev–Trinajstić information content (AvgIpc) is 2.37. The third-order valence-corrected chi connectivity index (χ3v) is 4.18. The SMILES string of the molecule is CCC(COC(=O)C(C)(C)CC(C)(C)C)OC(=O)C(C)(C)CC(C)(C)C. The van der Waals surface area contributed by atoms with E-state index in [-0.39, 0.29) is 29.4 Å². The Balaban J connectivity index is 4.78. The highest BCUT2D eigenvalue weighted by molar-refractivity contribution is 5.77. The van der Waals surface area contributed by atoms with Crippen molar-refractivity contribution in [3.63, 3.8) is 0 Å². The quantitative estimate of drug-likeness (QED) is 0.508. The summed E-state index contributed by atoms with van der Waals surface area (Å²) in [6, 6.07) is 0. The van der Waals surface area contributed by atoms with Crippen molar-refractivity contribution in [2.45, 2.75) is 102 Å². The highest BCUT2D eigenvalue weighted by Gasteiger charge is 2.37. The van der Waals surface area contributed by atoms with Crippen LogP contribution in [0.1, 0.15) is 95.4 Å². The third-order valence-electron chi connectivity index (χ3n) is 4.18. The molecule has 1 atom stereocenters. The highest BCUT2D eigenvalue weighted by Crippen LogP contribution is 2.35. The fourth-order valence-electron chi connectivity index (χ4n) is 3.71. The largest absolute Gasteiger partial charge is 0.461 e. The van der Waals surface area contributed by atoms with Gasteiger partial charge in [-0.1, -0.05) is 48.5 Å². The second-order valence-electron chi connectivity index (χ2n) is 11.3. The molecule has 1 unspecified atom stereocenters. The second-order valence-corrected chi connectivity index (χ2v) is 11.3. The standard InChI is InChI=1S/C22H42O4/c1-12-16(26-18(24)22(10,11)15-20(5,6)7)13-25-17(23)21(8,9)14-19(2,3)4/h16H,12-15H2,1-11H3. The van der Waals surface area contributed by atoms with Crippen molar-refractivity contribution in [1.29, 1.82) is 0 Å². The number of hydrogen-bond donors (Lipinski definition) is 0. The number of carbonyl (C=O) groups excluding carboxylic acids is 2. The Morgan fingerprint density at radius 3 is 1.46 bits per heavy atom. The number of ether oxygens (including phenoxy) is 2. The molecule has 0 bridgehead atoms. The summed E-state index contributed by atoms with van der Waals surface area (Å²) in [4.78, 5) is 25.0. The van der Waals surface area contributed by atoms with Crippen LogP contribution in [0.5, 0.6) is 0 Å².